The molecule has 4 aliphatic rings. The number of hydrogen-bond donors (Lipinski definition) is 0. The van der Waals surface area contributed by atoms with Gasteiger partial charge in [0.05, 0.1) is 24.4 Å². The second-order valence-corrected chi connectivity index (χ2v) is 4.65. The van der Waals surface area contributed by atoms with Gasteiger partial charge in [-0.2, -0.15) is 0 Å². The summed E-state index contributed by atoms with van der Waals surface area (Å²) in [5.74, 6) is 0. The van der Waals surface area contributed by atoms with E-state index < -0.39 is 0 Å². The molecule has 0 aromatic rings. The monoisotopic (exact) mass is 182 g/mol. The van der Waals surface area contributed by atoms with Gasteiger partial charge in [-0.15, -0.1) is 0 Å². The lowest BCUT2D eigenvalue weighted by Gasteiger charge is -2.18. The SMILES string of the molecule is C1C[C@@H](O[C@@H]2CC[C@@H]3O[C@@H]32)[C@H]2O[C@@H]12. The minimum absolute atomic E-state index is 0.387. The summed E-state index contributed by atoms with van der Waals surface area (Å²) in [6.45, 7) is 0. The van der Waals surface area contributed by atoms with Gasteiger partial charge in [0.1, 0.15) is 12.2 Å². The van der Waals surface area contributed by atoms with Crippen LogP contribution in [0.5, 0.6) is 0 Å². The number of ether oxygens (including phenoxy) is 3. The van der Waals surface area contributed by atoms with Crippen LogP contribution in [-0.4, -0.2) is 36.6 Å². The molecule has 6 atom stereocenters. The molecule has 3 nitrogen and oxygen atoms in total. The average Bonchev–Trinajstić information content (AvgIpc) is 3.03. The molecule has 0 aromatic carbocycles. The molecule has 3 heteroatoms. The smallest absolute Gasteiger partial charge is 0.110 e. The molecule has 0 spiro atoms. The second kappa shape index (κ2) is 2.27. The molecular weight excluding hydrogens is 168 g/mol. The summed E-state index contributed by atoms with van der Waals surface area (Å²) in [6.07, 6.45) is 7.55. The molecule has 2 aliphatic heterocycles. The molecule has 13 heavy (non-hydrogen) atoms. The summed E-state index contributed by atoms with van der Waals surface area (Å²) in [7, 11) is 0. The molecular formula is C10H14O3. The maximum Gasteiger partial charge on any atom is 0.110 e. The highest BCUT2D eigenvalue weighted by molar-refractivity contribution is 5.03. The molecule has 0 radical (unpaired) electrons. The van der Waals surface area contributed by atoms with E-state index in [1.807, 2.05) is 0 Å². The molecule has 0 bridgehead atoms. The first-order valence-electron chi connectivity index (χ1n) is 5.38. The van der Waals surface area contributed by atoms with Crippen LogP contribution in [0.4, 0.5) is 0 Å². The van der Waals surface area contributed by atoms with Gasteiger partial charge in [0, 0.05) is 0 Å². The van der Waals surface area contributed by atoms with E-state index in [2.05, 4.69) is 0 Å². The van der Waals surface area contributed by atoms with Crippen LogP contribution in [0, 0.1) is 0 Å². The molecule has 2 saturated carbocycles. The highest BCUT2D eigenvalue weighted by Crippen LogP contribution is 2.45. The van der Waals surface area contributed by atoms with Gasteiger partial charge in [-0.25, -0.2) is 0 Å². The van der Waals surface area contributed by atoms with Crippen molar-refractivity contribution < 1.29 is 14.2 Å². The van der Waals surface area contributed by atoms with E-state index in [0.717, 1.165) is 0 Å². The Bertz CT molecular complexity index is 218. The van der Waals surface area contributed by atoms with E-state index in [0.29, 0.717) is 36.6 Å². The highest BCUT2D eigenvalue weighted by atomic mass is 16.7. The molecule has 2 aliphatic carbocycles. The van der Waals surface area contributed by atoms with Crippen molar-refractivity contribution in [2.24, 2.45) is 0 Å². The maximum atomic E-state index is 6.03. The number of hydrogen-bond acceptors (Lipinski definition) is 3. The molecule has 0 aromatic heterocycles. The fourth-order valence-electron chi connectivity index (χ4n) is 2.93. The van der Waals surface area contributed by atoms with Crippen LogP contribution >= 0.6 is 0 Å². The molecule has 0 unspecified atom stereocenters. The van der Waals surface area contributed by atoms with Crippen molar-refractivity contribution >= 4 is 0 Å². The number of fused-ring (bicyclic) bond motifs is 2. The zero-order valence-electron chi connectivity index (χ0n) is 7.52. The van der Waals surface area contributed by atoms with E-state index in [1.165, 1.54) is 25.7 Å². The number of rotatable bonds is 2. The predicted octanol–water partition coefficient (Wildman–Crippen LogP) is 0.863. The fraction of sp³-hybridized carbons (Fsp3) is 1.00. The van der Waals surface area contributed by atoms with Gasteiger partial charge >= 0.3 is 0 Å². The average molecular weight is 182 g/mol. The molecule has 2 saturated heterocycles. The lowest BCUT2D eigenvalue weighted by Crippen LogP contribution is -2.26. The maximum absolute atomic E-state index is 6.03. The van der Waals surface area contributed by atoms with Crippen LogP contribution in [-0.2, 0) is 14.2 Å². The molecule has 4 fully saturated rings. The normalized spacial score (nSPS) is 61.8. The van der Waals surface area contributed by atoms with Crippen molar-refractivity contribution in [2.45, 2.75) is 62.3 Å². The van der Waals surface area contributed by atoms with Crippen LogP contribution in [0.15, 0.2) is 0 Å². The van der Waals surface area contributed by atoms with Gasteiger partial charge in [0.25, 0.3) is 0 Å². The van der Waals surface area contributed by atoms with Crippen molar-refractivity contribution in [2.75, 3.05) is 0 Å². The van der Waals surface area contributed by atoms with Crippen LogP contribution in [0.2, 0.25) is 0 Å². The van der Waals surface area contributed by atoms with Gasteiger partial charge in [0.2, 0.25) is 0 Å². The molecule has 4 rings (SSSR count). The van der Waals surface area contributed by atoms with E-state index in [9.17, 15) is 0 Å². The Kier molecular flexibility index (Phi) is 1.26. The number of epoxide rings is 2. The minimum atomic E-state index is 0.387. The van der Waals surface area contributed by atoms with Crippen LogP contribution in [0.25, 0.3) is 0 Å². The zero-order chi connectivity index (χ0) is 8.41. The minimum Gasteiger partial charge on any atom is -0.369 e. The van der Waals surface area contributed by atoms with E-state index in [-0.39, 0.29) is 0 Å². The summed E-state index contributed by atoms with van der Waals surface area (Å²) < 4.78 is 16.9. The topological polar surface area (TPSA) is 34.3 Å². The van der Waals surface area contributed by atoms with Gasteiger partial charge < -0.3 is 14.2 Å². The van der Waals surface area contributed by atoms with Crippen molar-refractivity contribution in [3.8, 4) is 0 Å². The Morgan fingerprint density at radius 1 is 0.769 bits per heavy atom. The third-order valence-corrected chi connectivity index (χ3v) is 3.80. The van der Waals surface area contributed by atoms with Gasteiger partial charge in [0.15, 0.2) is 0 Å². The Hall–Kier alpha value is -0.120. The Morgan fingerprint density at radius 2 is 1.31 bits per heavy atom. The molecule has 72 valence electrons. The van der Waals surface area contributed by atoms with E-state index in [4.69, 9.17) is 14.2 Å². The third-order valence-electron chi connectivity index (χ3n) is 3.80. The lowest BCUT2D eigenvalue weighted by atomic mass is 10.2. The second-order valence-electron chi connectivity index (χ2n) is 4.65. The Labute approximate surface area is 77.3 Å². The van der Waals surface area contributed by atoms with Gasteiger partial charge in [-0.1, -0.05) is 0 Å². The first kappa shape index (κ1) is 7.21. The van der Waals surface area contributed by atoms with Crippen molar-refractivity contribution in [1.82, 2.24) is 0 Å². The zero-order valence-corrected chi connectivity index (χ0v) is 7.52. The highest BCUT2D eigenvalue weighted by Gasteiger charge is 2.56. The van der Waals surface area contributed by atoms with Crippen LogP contribution < -0.4 is 0 Å². The third kappa shape index (κ3) is 1.01. The summed E-state index contributed by atoms with van der Waals surface area (Å²) >= 11 is 0. The first-order chi connectivity index (χ1) is 6.42. The van der Waals surface area contributed by atoms with Gasteiger partial charge in [-0.3, -0.25) is 0 Å². The molecule has 0 N–H and O–H groups in total. The summed E-state index contributed by atoms with van der Waals surface area (Å²) in [4.78, 5) is 0. The van der Waals surface area contributed by atoms with Crippen molar-refractivity contribution in [3.63, 3.8) is 0 Å². The van der Waals surface area contributed by atoms with Crippen LogP contribution in [0.1, 0.15) is 25.7 Å². The van der Waals surface area contributed by atoms with E-state index in [1.54, 1.807) is 0 Å². The lowest BCUT2D eigenvalue weighted by molar-refractivity contribution is -0.0432. The van der Waals surface area contributed by atoms with Crippen molar-refractivity contribution in [3.05, 3.63) is 0 Å². The largest absolute Gasteiger partial charge is 0.369 e. The standard InChI is InChI=1S/C10H14O3/c1-3-7-9(12-7)5(1)11-6-2-4-8-10(6)13-8/h5-10H,1-4H2/t5-,6-,7+,8+,9-,10-/m1/s1. The fourth-order valence-corrected chi connectivity index (χ4v) is 2.93. The quantitative estimate of drug-likeness (QED) is 0.594. The van der Waals surface area contributed by atoms with Crippen LogP contribution in [0.3, 0.4) is 0 Å². The van der Waals surface area contributed by atoms with Gasteiger partial charge in [-0.05, 0) is 25.7 Å². The Balaban J connectivity index is 1.41. The molecule has 2 heterocycles. The van der Waals surface area contributed by atoms with Crippen molar-refractivity contribution in [1.29, 1.82) is 0 Å². The first-order valence-corrected chi connectivity index (χ1v) is 5.38. The summed E-state index contributed by atoms with van der Waals surface area (Å²) in [5, 5.41) is 0. The summed E-state index contributed by atoms with van der Waals surface area (Å²) in [5.41, 5.74) is 0. The van der Waals surface area contributed by atoms with E-state index >= 15 is 0 Å². The summed E-state index contributed by atoms with van der Waals surface area (Å²) in [6, 6.07) is 0. The predicted molar refractivity (Wildman–Crippen MR) is 44.5 cm³/mol. The Morgan fingerprint density at radius 3 is 1.62 bits per heavy atom. The molecule has 0 amide bonds.